The lowest BCUT2D eigenvalue weighted by atomic mass is 10.2. The molecule has 28 heavy (non-hydrogen) atoms. The maximum Gasteiger partial charge on any atom is 0.268 e. The molecule has 3 heterocycles. The maximum absolute atomic E-state index is 13.1. The van der Waals surface area contributed by atoms with Gasteiger partial charge in [0.05, 0.1) is 23.7 Å². The molecule has 0 bridgehead atoms. The van der Waals surface area contributed by atoms with Crippen LogP contribution in [0.25, 0.3) is 5.57 Å². The van der Waals surface area contributed by atoms with E-state index in [1.807, 2.05) is 29.6 Å². The highest BCUT2D eigenvalue weighted by molar-refractivity contribution is 8.04. The van der Waals surface area contributed by atoms with Gasteiger partial charge < -0.3 is 4.74 Å². The number of carbonyl (C=O) groups excluding carboxylic acids is 2. The maximum atomic E-state index is 13.1. The number of nitrogens with zero attached hydrogens (tertiary/aromatic N) is 2. The van der Waals surface area contributed by atoms with Crippen molar-refractivity contribution in [3.63, 3.8) is 0 Å². The lowest BCUT2D eigenvalue weighted by Crippen LogP contribution is -2.43. The molecule has 2 amide bonds. The highest BCUT2D eigenvalue weighted by atomic mass is 35.5. The second-order valence-electron chi connectivity index (χ2n) is 6.45. The van der Waals surface area contributed by atoms with Gasteiger partial charge in [-0.05, 0) is 35.7 Å². The van der Waals surface area contributed by atoms with Gasteiger partial charge >= 0.3 is 0 Å². The molecule has 0 atom stereocenters. The number of thiophene rings is 1. The molecule has 0 unspecified atom stereocenters. The van der Waals surface area contributed by atoms with Crippen LogP contribution >= 0.6 is 34.7 Å². The Kier molecular flexibility index (Phi) is 6.18. The number of hydrogen-bond donors (Lipinski definition) is 0. The van der Waals surface area contributed by atoms with Crippen molar-refractivity contribution in [3.05, 3.63) is 56.6 Å². The molecular formula is C20H19ClN2O3S2. The van der Waals surface area contributed by atoms with E-state index in [-0.39, 0.29) is 11.8 Å². The van der Waals surface area contributed by atoms with Gasteiger partial charge in [-0.1, -0.05) is 29.4 Å². The number of ether oxygens (including phenoxy) is 1. The number of carbonyl (C=O) groups is 2. The molecule has 2 aromatic rings. The first kappa shape index (κ1) is 19.7. The van der Waals surface area contributed by atoms with Gasteiger partial charge in [0.1, 0.15) is 0 Å². The number of thioether (sulfide) groups is 1. The number of morpholine rings is 1. The van der Waals surface area contributed by atoms with E-state index >= 15 is 0 Å². The summed E-state index contributed by atoms with van der Waals surface area (Å²) in [5.41, 5.74) is 0.502. The van der Waals surface area contributed by atoms with E-state index in [9.17, 15) is 9.59 Å². The molecular weight excluding hydrogens is 416 g/mol. The van der Waals surface area contributed by atoms with E-state index in [0.717, 1.165) is 22.9 Å². The largest absolute Gasteiger partial charge is 0.379 e. The molecule has 146 valence electrons. The van der Waals surface area contributed by atoms with E-state index in [2.05, 4.69) is 4.90 Å². The third-order valence-electron chi connectivity index (χ3n) is 4.67. The van der Waals surface area contributed by atoms with Gasteiger partial charge in [0.15, 0.2) is 0 Å². The highest BCUT2D eigenvalue weighted by Crippen LogP contribution is 2.41. The van der Waals surface area contributed by atoms with E-state index in [0.29, 0.717) is 41.8 Å². The Morgan fingerprint density at radius 3 is 2.46 bits per heavy atom. The van der Waals surface area contributed by atoms with Crippen molar-refractivity contribution < 1.29 is 14.3 Å². The van der Waals surface area contributed by atoms with E-state index < -0.39 is 0 Å². The zero-order chi connectivity index (χ0) is 19.5. The molecule has 0 saturated carbocycles. The van der Waals surface area contributed by atoms with Gasteiger partial charge in [-0.2, -0.15) is 0 Å². The molecule has 0 radical (unpaired) electrons. The fourth-order valence-electron chi connectivity index (χ4n) is 3.18. The van der Waals surface area contributed by atoms with Crippen molar-refractivity contribution in [2.75, 3.05) is 39.4 Å². The van der Waals surface area contributed by atoms with Crippen molar-refractivity contribution in [2.24, 2.45) is 0 Å². The molecule has 8 heteroatoms. The van der Waals surface area contributed by atoms with Gasteiger partial charge in [-0.3, -0.25) is 19.4 Å². The molecule has 0 spiro atoms. The van der Waals surface area contributed by atoms with Crippen molar-refractivity contribution in [1.29, 1.82) is 0 Å². The Morgan fingerprint density at radius 2 is 1.79 bits per heavy atom. The first-order chi connectivity index (χ1) is 13.6. The van der Waals surface area contributed by atoms with Crippen molar-refractivity contribution >= 4 is 52.1 Å². The lowest BCUT2D eigenvalue weighted by Gasteiger charge is -2.28. The number of imide groups is 1. The average Bonchev–Trinajstić information content (AvgIpc) is 3.31. The minimum absolute atomic E-state index is 0.211. The standard InChI is InChI=1S/C20H19ClN2O3S2/c21-14-3-5-15(6-4-14)28-18-17(16-2-1-13-27-16)19(24)23(20(18)25)8-7-22-9-11-26-12-10-22/h1-6,13H,7-12H2. The third-order valence-corrected chi connectivity index (χ3v) is 6.90. The van der Waals surface area contributed by atoms with Crippen LogP contribution in [0.15, 0.2) is 51.6 Å². The number of halogens is 1. The van der Waals surface area contributed by atoms with Gasteiger partial charge in [0, 0.05) is 41.0 Å². The minimum Gasteiger partial charge on any atom is -0.379 e. The molecule has 0 N–H and O–H groups in total. The highest BCUT2D eigenvalue weighted by Gasteiger charge is 2.39. The Bertz CT molecular complexity index is 891. The predicted octanol–water partition coefficient (Wildman–Crippen LogP) is 3.61. The topological polar surface area (TPSA) is 49.9 Å². The fraction of sp³-hybridized carbons (Fsp3) is 0.300. The van der Waals surface area contributed by atoms with Gasteiger partial charge in [0.2, 0.25) is 0 Å². The summed E-state index contributed by atoms with van der Waals surface area (Å²) in [5, 5.41) is 2.55. The van der Waals surface area contributed by atoms with Crippen LogP contribution in [0.4, 0.5) is 0 Å². The second kappa shape index (κ2) is 8.80. The van der Waals surface area contributed by atoms with Gasteiger partial charge in [0.25, 0.3) is 11.8 Å². The fourth-order valence-corrected chi connectivity index (χ4v) is 5.14. The van der Waals surface area contributed by atoms with Crippen LogP contribution in [0.2, 0.25) is 5.02 Å². The molecule has 2 aliphatic heterocycles. The van der Waals surface area contributed by atoms with Crippen LogP contribution in [0.5, 0.6) is 0 Å². The number of hydrogen-bond acceptors (Lipinski definition) is 6. The first-order valence-electron chi connectivity index (χ1n) is 9.01. The Morgan fingerprint density at radius 1 is 1.04 bits per heavy atom. The summed E-state index contributed by atoms with van der Waals surface area (Å²) >= 11 is 8.76. The molecule has 0 aliphatic carbocycles. The first-order valence-corrected chi connectivity index (χ1v) is 11.1. The van der Waals surface area contributed by atoms with Crippen LogP contribution < -0.4 is 0 Å². The molecule has 1 fully saturated rings. The molecule has 2 aliphatic rings. The molecule has 1 aromatic carbocycles. The summed E-state index contributed by atoms with van der Waals surface area (Å²) in [6.45, 7) is 4.09. The van der Waals surface area contributed by atoms with Gasteiger partial charge in [-0.15, -0.1) is 11.3 Å². The van der Waals surface area contributed by atoms with E-state index in [4.69, 9.17) is 16.3 Å². The normalized spacial score (nSPS) is 18.4. The van der Waals surface area contributed by atoms with Crippen LogP contribution in [-0.2, 0) is 14.3 Å². The van der Waals surface area contributed by atoms with Crippen molar-refractivity contribution in [2.45, 2.75) is 4.90 Å². The Hall–Kier alpha value is -1.64. The lowest BCUT2D eigenvalue weighted by molar-refractivity contribution is -0.136. The van der Waals surface area contributed by atoms with Crippen molar-refractivity contribution in [1.82, 2.24) is 9.80 Å². The number of rotatable bonds is 6. The molecule has 4 rings (SSSR count). The number of benzene rings is 1. The summed E-state index contributed by atoms with van der Waals surface area (Å²) in [6.07, 6.45) is 0. The predicted molar refractivity (Wildman–Crippen MR) is 113 cm³/mol. The summed E-state index contributed by atoms with van der Waals surface area (Å²) in [5.74, 6) is -0.432. The monoisotopic (exact) mass is 434 g/mol. The van der Waals surface area contributed by atoms with Crippen LogP contribution in [0.3, 0.4) is 0 Å². The quantitative estimate of drug-likeness (QED) is 0.650. The van der Waals surface area contributed by atoms with E-state index in [1.54, 1.807) is 12.1 Å². The summed E-state index contributed by atoms with van der Waals surface area (Å²) in [7, 11) is 0. The van der Waals surface area contributed by atoms with E-state index in [1.165, 1.54) is 28.0 Å². The summed E-state index contributed by atoms with van der Waals surface area (Å²) in [6, 6.07) is 11.1. The molecule has 1 saturated heterocycles. The van der Waals surface area contributed by atoms with Gasteiger partial charge in [-0.25, -0.2) is 0 Å². The van der Waals surface area contributed by atoms with Crippen LogP contribution in [0, 0.1) is 0 Å². The van der Waals surface area contributed by atoms with Crippen LogP contribution in [-0.4, -0.2) is 61.0 Å². The number of amides is 2. The second-order valence-corrected chi connectivity index (χ2v) is 8.92. The average molecular weight is 435 g/mol. The Balaban J connectivity index is 1.57. The summed E-state index contributed by atoms with van der Waals surface area (Å²) in [4.78, 5) is 32.0. The smallest absolute Gasteiger partial charge is 0.268 e. The minimum atomic E-state index is -0.221. The zero-order valence-electron chi connectivity index (χ0n) is 15.1. The molecule has 5 nitrogen and oxygen atoms in total. The zero-order valence-corrected chi connectivity index (χ0v) is 17.5. The third kappa shape index (κ3) is 4.18. The van der Waals surface area contributed by atoms with Crippen LogP contribution in [0.1, 0.15) is 4.88 Å². The summed E-state index contributed by atoms with van der Waals surface area (Å²) < 4.78 is 5.36. The molecule has 1 aromatic heterocycles. The van der Waals surface area contributed by atoms with Crippen molar-refractivity contribution in [3.8, 4) is 0 Å². The Labute approximate surface area is 176 Å². The SMILES string of the molecule is O=C1C(Sc2ccc(Cl)cc2)=C(c2cccs2)C(=O)N1CCN1CCOCC1.